The first-order valence-electron chi connectivity index (χ1n) is 9.81. The zero-order valence-electron chi connectivity index (χ0n) is 16.6. The summed E-state index contributed by atoms with van der Waals surface area (Å²) >= 11 is 0. The first kappa shape index (κ1) is 18.9. The molecule has 7 heteroatoms. The van der Waals surface area contributed by atoms with Gasteiger partial charge in [-0.15, -0.1) is 0 Å². The van der Waals surface area contributed by atoms with Gasteiger partial charge in [-0.3, -0.25) is 9.88 Å². The van der Waals surface area contributed by atoms with Crippen LogP contribution in [0.1, 0.15) is 42.9 Å². The number of halogens is 1. The number of aromatic nitrogens is 2. The van der Waals surface area contributed by atoms with Crippen LogP contribution in [0, 0.1) is 19.7 Å². The molecule has 0 aromatic carbocycles. The van der Waals surface area contributed by atoms with Gasteiger partial charge in [0.05, 0.1) is 11.7 Å². The van der Waals surface area contributed by atoms with E-state index in [-0.39, 0.29) is 18.0 Å². The van der Waals surface area contributed by atoms with Crippen molar-refractivity contribution in [2.45, 2.75) is 45.8 Å². The highest BCUT2D eigenvalue weighted by Crippen LogP contribution is 2.34. The van der Waals surface area contributed by atoms with E-state index in [1.54, 1.807) is 0 Å². The van der Waals surface area contributed by atoms with Gasteiger partial charge in [-0.25, -0.2) is 9.37 Å². The Balaban J connectivity index is 1.39. The molecule has 1 atom stereocenters. The minimum Gasteiger partial charge on any atom is -0.490 e. The molecule has 4 heterocycles. The van der Waals surface area contributed by atoms with Crippen LogP contribution in [0.2, 0.25) is 0 Å². The average molecular weight is 387 g/mol. The molecule has 0 aliphatic carbocycles. The summed E-state index contributed by atoms with van der Waals surface area (Å²) in [5.74, 6) is 1.29. The summed E-state index contributed by atoms with van der Waals surface area (Å²) in [7, 11) is 0. The summed E-state index contributed by atoms with van der Waals surface area (Å²) in [5.41, 5.74) is 2.33. The van der Waals surface area contributed by atoms with Gasteiger partial charge in [-0.2, -0.15) is 0 Å². The summed E-state index contributed by atoms with van der Waals surface area (Å²) in [5, 5.41) is 0. The van der Waals surface area contributed by atoms with E-state index in [4.69, 9.17) is 14.2 Å². The normalized spacial score (nSPS) is 18.7. The maximum atomic E-state index is 14.6. The molecule has 2 aliphatic rings. The van der Waals surface area contributed by atoms with Crippen molar-refractivity contribution in [2.75, 3.05) is 26.3 Å². The second kappa shape index (κ2) is 7.91. The fourth-order valence-corrected chi connectivity index (χ4v) is 3.87. The number of likely N-dealkylation sites (tertiary alicyclic amines) is 1. The molecule has 4 rings (SSSR count). The highest BCUT2D eigenvalue weighted by atomic mass is 19.1. The van der Waals surface area contributed by atoms with Crippen molar-refractivity contribution in [3.63, 3.8) is 0 Å². The van der Waals surface area contributed by atoms with Crippen LogP contribution < -0.4 is 14.2 Å². The molecule has 0 bridgehead atoms. The van der Waals surface area contributed by atoms with E-state index in [2.05, 4.69) is 14.9 Å². The van der Waals surface area contributed by atoms with Crippen LogP contribution >= 0.6 is 0 Å². The van der Waals surface area contributed by atoms with Crippen molar-refractivity contribution in [1.82, 2.24) is 14.9 Å². The lowest BCUT2D eigenvalue weighted by Crippen LogP contribution is -2.40. The highest BCUT2D eigenvalue weighted by Gasteiger charge is 2.28. The fraction of sp³-hybridized carbons (Fsp3) is 0.524. The number of aryl methyl sites for hydroxylation is 2. The molecule has 0 radical (unpaired) electrons. The summed E-state index contributed by atoms with van der Waals surface area (Å²) in [6.45, 7) is 8.44. The number of hydrogen-bond donors (Lipinski definition) is 0. The second-order valence-electron chi connectivity index (χ2n) is 7.47. The molecule has 150 valence electrons. The Hall–Kier alpha value is -2.41. The van der Waals surface area contributed by atoms with Gasteiger partial charge in [-0.05, 0) is 33.6 Å². The molecular weight excluding hydrogens is 361 g/mol. The van der Waals surface area contributed by atoms with Gasteiger partial charge in [0.1, 0.15) is 30.9 Å². The molecular formula is C21H26FN3O3. The van der Waals surface area contributed by atoms with Crippen molar-refractivity contribution in [3.8, 4) is 17.4 Å². The van der Waals surface area contributed by atoms with Crippen LogP contribution in [0.25, 0.3) is 0 Å². The number of hydrogen-bond acceptors (Lipinski definition) is 6. The van der Waals surface area contributed by atoms with Gasteiger partial charge in [0.15, 0.2) is 5.75 Å². The second-order valence-corrected chi connectivity index (χ2v) is 7.47. The Morgan fingerprint density at radius 3 is 2.46 bits per heavy atom. The van der Waals surface area contributed by atoms with Crippen LogP contribution in [0.15, 0.2) is 18.2 Å². The Kier molecular flexibility index (Phi) is 5.35. The van der Waals surface area contributed by atoms with E-state index in [0.29, 0.717) is 30.5 Å². The molecule has 1 fully saturated rings. The molecule has 0 unspecified atom stereocenters. The van der Waals surface area contributed by atoms with Crippen LogP contribution in [0.5, 0.6) is 17.4 Å². The van der Waals surface area contributed by atoms with Crippen molar-refractivity contribution in [2.24, 2.45) is 0 Å². The van der Waals surface area contributed by atoms with E-state index in [1.165, 1.54) is 6.07 Å². The number of nitrogens with zero attached hydrogens (tertiary/aromatic N) is 3. The van der Waals surface area contributed by atoms with Crippen LogP contribution in [-0.2, 0) is 0 Å². The van der Waals surface area contributed by atoms with E-state index in [0.717, 1.165) is 43.1 Å². The van der Waals surface area contributed by atoms with Gasteiger partial charge in [0.2, 0.25) is 0 Å². The number of fused-ring (bicyclic) bond motifs is 1. The molecule has 2 aliphatic heterocycles. The predicted octanol–water partition coefficient (Wildman–Crippen LogP) is 3.61. The minimum atomic E-state index is -0.349. The summed E-state index contributed by atoms with van der Waals surface area (Å²) < 4.78 is 31.6. The topological polar surface area (TPSA) is 56.7 Å². The summed E-state index contributed by atoms with van der Waals surface area (Å²) in [6, 6.07) is 5.19. The zero-order valence-corrected chi connectivity index (χ0v) is 16.6. The molecule has 28 heavy (non-hydrogen) atoms. The van der Waals surface area contributed by atoms with Crippen LogP contribution in [0.4, 0.5) is 4.39 Å². The third-order valence-corrected chi connectivity index (χ3v) is 5.29. The maximum absolute atomic E-state index is 14.6. The largest absolute Gasteiger partial charge is 0.490 e. The van der Waals surface area contributed by atoms with Gasteiger partial charge >= 0.3 is 0 Å². The number of ether oxygens (including phenoxy) is 3. The Labute approximate surface area is 164 Å². The smallest absolute Gasteiger partial charge is 0.257 e. The molecule has 1 saturated heterocycles. The molecule has 6 nitrogen and oxygen atoms in total. The number of pyridine rings is 2. The molecule has 0 spiro atoms. The van der Waals surface area contributed by atoms with Crippen molar-refractivity contribution in [1.29, 1.82) is 0 Å². The van der Waals surface area contributed by atoms with Gasteiger partial charge < -0.3 is 14.2 Å². The third kappa shape index (κ3) is 4.04. The average Bonchev–Trinajstić information content (AvgIpc) is 2.67. The Morgan fingerprint density at radius 1 is 1.07 bits per heavy atom. The van der Waals surface area contributed by atoms with E-state index >= 15 is 0 Å². The predicted molar refractivity (Wildman–Crippen MR) is 103 cm³/mol. The lowest BCUT2D eigenvalue weighted by atomic mass is 10.0. The van der Waals surface area contributed by atoms with Crippen molar-refractivity contribution < 1.29 is 18.6 Å². The quantitative estimate of drug-likeness (QED) is 0.799. The Bertz CT molecular complexity index is 833. The van der Waals surface area contributed by atoms with Crippen molar-refractivity contribution in [3.05, 3.63) is 41.1 Å². The Morgan fingerprint density at radius 2 is 1.75 bits per heavy atom. The molecule has 0 amide bonds. The molecule has 2 aromatic rings. The van der Waals surface area contributed by atoms with Crippen LogP contribution in [-0.4, -0.2) is 47.3 Å². The SMILES string of the molecule is Cc1cc(OC2CCN([C@H](C)c3nc4c(cc3F)OCCO4)CC2)cc(C)n1. The first-order valence-corrected chi connectivity index (χ1v) is 9.81. The van der Waals surface area contributed by atoms with Gasteiger partial charge in [0.25, 0.3) is 5.88 Å². The van der Waals surface area contributed by atoms with E-state index in [9.17, 15) is 4.39 Å². The van der Waals surface area contributed by atoms with E-state index in [1.807, 2.05) is 32.9 Å². The maximum Gasteiger partial charge on any atom is 0.257 e. The van der Waals surface area contributed by atoms with Crippen molar-refractivity contribution >= 4 is 0 Å². The first-order chi connectivity index (χ1) is 13.5. The van der Waals surface area contributed by atoms with Crippen LogP contribution in [0.3, 0.4) is 0 Å². The molecule has 0 N–H and O–H groups in total. The standard InChI is InChI=1S/C21H26FN3O3/c1-13-10-17(11-14(2)23-13)28-16-4-6-25(7-5-16)15(3)20-18(22)12-19-21(24-20)27-9-8-26-19/h10-12,15-16H,4-9H2,1-3H3/t15-/m1/s1. The summed E-state index contributed by atoms with van der Waals surface area (Å²) in [6.07, 6.45) is 1.93. The van der Waals surface area contributed by atoms with Gasteiger partial charge in [-0.1, -0.05) is 0 Å². The minimum absolute atomic E-state index is 0.137. The molecule has 2 aromatic heterocycles. The third-order valence-electron chi connectivity index (χ3n) is 5.29. The molecule has 0 saturated carbocycles. The summed E-state index contributed by atoms with van der Waals surface area (Å²) in [4.78, 5) is 11.0. The fourth-order valence-electron chi connectivity index (χ4n) is 3.87. The number of rotatable bonds is 4. The monoisotopic (exact) mass is 387 g/mol. The zero-order chi connectivity index (χ0) is 19.7. The lowest BCUT2D eigenvalue weighted by molar-refractivity contribution is 0.0768. The van der Waals surface area contributed by atoms with E-state index < -0.39 is 0 Å². The number of piperidine rings is 1. The van der Waals surface area contributed by atoms with Gasteiger partial charge in [0, 0.05) is 42.7 Å². The lowest BCUT2D eigenvalue weighted by Gasteiger charge is -2.36. The highest BCUT2D eigenvalue weighted by molar-refractivity contribution is 5.37.